The second-order valence-electron chi connectivity index (χ2n) is 4.44. The highest BCUT2D eigenvalue weighted by Gasteiger charge is 2.47. The molecule has 4 heteroatoms. The number of benzene rings is 1. The molecule has 1 saturated carbocycles. The first kappa shape index (κ1) is 12.5. The predicted molar refractivity (Wildman–Crippen MR) is 62.5 cm³/mol. The zero-order valence-corrected chi connectivity index (χ0v) is 10.0. The van der Waals surface area contributed by atoms with Crippen molar-refractivity contribution < 1.29 is 13.6 Å². The van der Waals surface area contributed by atoms with E-state index in [1.54, 1.807) is 24.3 Å². The third kappa shape index (κ3) is 2.65. The van der Waals surface area contributed by atoms with Crippen LogP contribution in [0.25, 0.3) is 0 Å². The summed E-state index contributed by atoms with van der Waals surface area (Å²) < 4.78 is 26.8. The number of alkyl halides is 2. The fourth-order valence-electron chi connectivity index (χ4n) is 2.28. The summed E-state index contributed by atoms with van der Waals surface area (Å²) in [7, 11) is 0. The van der Waals surface area contributed by atoms with Gasteiger partial charge >= 0.3 is 0 Å². The van der Waals surface area contributed by atoms with Gasteiger partial charge in [-0.2, -0.15) is 0 Å². The Morgan fingerprint density at radius 3 is 2.71 bits per heavy atom. The summed E-state index contributed by atoms with van der Waals surface area (Å²) in [6.07, 6.45) is 0.536. The SMILES string of the molecule is O=C(Cc1ccccc1Cl)C1CCCC1(F)F. The molecule has 17 heavy (non-hydrogen) atoms. The van der Waals surface area contributed by atoms with Crippen LogP contribution in [0.5, 0.6) is 0 Å². The quantitative estimate of drug-likeness (QED) is 0.804. The van der Waals surface area contributed by atoms with Gasteiger partial charge in [0.15, 0.2) is 0 Å². The zero-order valence-electron chi connectivity index (χ0n) is 9.26. The Kier molecular flexibility index (Phi) is 3.48. The molecule has 0 aliphatic heterocycles. The number of rotatable bonds is 3. The van der Waals surface area contributed by atoms with E-state index in [0.29, 0.717) is 17.0 Å². The lowest BCUT2D eigenvalue weighted by Gasteiger charge is -2.17. The second kappa shape index (κ2) is 4.73. The van der Waals surface area contributed by atoms with E-state index in [4.69, 9.17) is 11.6 Å². The Hall–Kier alpha value is -0.960. The van der Waals surface area contributed by atoms with Crippen molar-refractivity contribution in [1.29, 1.82) is 0 Å². The van der Waals surface area contributed by atoms with Crippen LogP contribution in [-0.4, -0.2) is 11.7 Å². The van der Waals surface area contributed by atoms with Gasteiger partial charge in [-0.15, -0.1) is 0 Å². The molecule has 0 spiro atoms. The molecule has 92 valence electrons. The summed E-state index contributed by atoms with van der Waals surface area (Å²) in [5.41, 5.74) is 0.627. The first-order valence-corrected chi connectivity index (χ1v) is 6.02. The minimum atomic E-state index is -2.83. The van der Waals surface area contributed by atoms with E-state index >= 15 is 0 Å². The molecule has 2 rings (SSSR count). The first-order valence-electron chi connectivity index (χ1n) is 5.64. The summed E-state index contributed by atoms with van der Waals surface area (Å²) >= 11 is 5.91. The molecule has 0 heterocycles. The van der Waals surface area contributed by atoms with Crippen molar-refractivity contribution in [2.75, 3.05) is 0 Å². The van der Waals surface area contributed by atoms with Crippen LogP contribution in [0.4, 0.5) is 8.78 Å². The van der Waals surface area contributed by atoms with Crippen molar-refractivity contribution in [3.8, 4) is 0 Å². The molecule has 1 aliphatic rings. The predicted octanol–water partition coefficient (Wildman–Crippen LogP) is 3.89. The maximum Gasteiger partial charge on any atom is 0.257 e. The van der Waals surface area contributed by atoms with E-state index in [1.165, 1.54) is 0 Å². The molecule has 1 aliphatic carbocycles. The number of ketones is 1. The Balaban J connectivity index is 2.10. The van der Waals surface area contributed by atoms with Crippen molar-refractivity contribution in [3.63, 3.8) is 0 Å². The van der Waals surface area contributed by atoms with Crippen LogP contribution in [-0.2, 0) is 11.2 Å². The Labute approximate surface area is 104 Å². The van der Waals surface area contributed by atoms with Crippen molar-refractivity contribution in [2.45, 2.75) is 31.6 Å². The highest BCUT2D eigenvalue weighted by Crippen LogP contribution is 2.41. The summed E-state index contributed by atoms with van der Waals surface area (Å²) in [6, 6.07) is 6.87. The molecule has 0 aromatic heterocycles. The van der Waals surface area contributed by atoms with E-state index in [1.807, 2.05) is 0 Å². The van der Waals surface area contributed by atoms with E-state index in [9.17, 15) is 13.6 Å². The molecule has 1 atom stereocenters. The lowest BCUT2D eigenvalue weighted by atomic mass is 9.94. The van der Waals surface area contributed by atoms with Gasteiger partial charge in [0.25, 0.3) is 5.92 Å². The molecule has 0 saturated heterocycles. The van der Waals surface area contributed by atoms with Crippen LogP contribution in [0.2, 0.25) is 5.02 Å². The summed E-state index contributed by atoms with van der Waals surface area (Å²) in [5.74, 6) is -4.36. The van der Waals surface area contributed by atoms with Gasteiger partial charge in [0.05, 0.1) is 5.92 Å². The van der Waals surface area contributed by atoms with Gasteiger partial charge in [-0.1, -0.05) is 29.8 Å². The van der Waals surface area contributed by atoms with E-state index in [2.05, 4.69) is 0 Å². The number of Topliss-reactive ketones (excluding diaryl/α,β-unsaturated/α-hetero) is 1. The highest BCUT2D eigenvalue weighted by molar-refractivity contribution is 6.31. The van der Waals surface area contributed by atoms with Gasteiger partial charge in [-0.05, 0) is 24.5 Å². The zero-order chi connectivity index (χ0) is 12.5. The molecular formula is C13H13ClF2O. The van der Waals surface area contributed by atoms with Crippen molar-refractivity contribution in [3.05, 3.63) is 34.9 Å². The average molecular weight is 259 g/mol. The fraction of sp³-hybridized carbons (Fsp3) is 0.462. The normalized spacial score (nSPS) is 22.6. The van der Waals surface area contributed by atoms with Gasteiger partial charge in [0, 0.05) is 17.9 Å². The van der Waals surface area contributed by atoms with Crippen LogP contribution in [0.15, 0.2) is 24.3 Å². The fourth-order valence-corrected chi connectivity index (χ4v) is 2.48. The molecule has 0 N–H and O–H groups in total. The summed E-state index contributed by atoms with van der Waals surface area (Å²) in [4.78, 5) is 11.8. The Morgan fingerprint density at radius 1 is 1.41 bits per heavy atom. The maximum atomic E-state index is 13.4. The lowest BCUT2D eigenvalue weighted by Crippen LogP contribution is -2.30. The second-order valence-corrected chi connectivity index (χ2v) is 4.85. The van der Waals surface area contributed by atoms with Crippen molar-refractivity contribution >= 4 is 17.4 Å². The van der Waals surface area contributed by atoms with Crippen LogP contribution >= 0.6 is 11.6 Å². The van der Waals surface area contributed by atoms with E-state index in [-0.39, 0.29) is 19.3 Å². The molecule has 1 aromatic carbocycles. The van der Waals surface area contributed by atoms with Gasteiger partial charge < -0.3 is 0 Å². The number of halogens is 3. The molecule has 1 unspecified atom stereocenters. The standard InChI is InChI=1S/C13H13ClF2O/c14-11-6-2-1-4-9(11)8-12(17)10-5-3-7-13(10,15)16/h1-2,4,6,10H,3,5,7-8H2. The monoisotopic (exact) mass is 258 g/mol. The topological polar surface area (TPSA) is 17.1 Å². The van der Waals surface area contributed by atoms with Crippen molar-refractivity contribution in [1.82, 2.24) is 0 Å². The Bertz CT molecular complexity index is 431. The highest BCUT2D eigenvalue weighted by atomic mass is 35.5. The number of carbonyl (C=O) groups is 1. The minimum absolute atomic E-state index is 0.0000694. The van der Waals surface area contributed by atoms with Crippen LogP contribution in [0, 0.1) is 5.92 Å². The maximum absolute atomic E-state index is 13.4. The van der Waals surface area contributed by atoms with E-state index < -0.39 is 17.6 Å². The minimum Gasteiger partial charge on any atom is -0.299 e. The molecule has 0 amide bonds. The molecule has 1 nitrogen and oxygen atoms in total. The van der Waals surface area contributed by atoms with Crippen LogP contribution in [0.3, 0.4) is 0 Å². The van der Waals surface area contributed by atoms with Gasteiger partial charge in [0.2, 0.25) is 0 Å². The van der Waals surface area contributed by atoms with Gasteiger partial charge in [0.1, 0.15) is 5.78 Å². The molecular weight excluding hydrogens is 246 g/mol. The van der Waals surface area contributed by atoms with Crippen molar-refractivity contribution in [2.24, 2.45) is 5.92 Å². The smallest absolute Gasteiger partial charge is 0.257 e. The summed E-state index contributed by atoms with van der Waals surface area (Å²) in [5, 5.41) is 0.460. The molecule has 1 fully saturated rings. The van der Waals surface area contributed by atoms with E-state index in [0.717, 1.165) is 0 Å². The van der Waals surface area contributed by atoms with Gasteiger partial charge in [-0.25, -0.2) is 8.78 Å². The molecule has 0 radical (unpaired) electrons. The molecule has 1 aromatic rings. The third-order valence-corrected chi connectivity index (χ3v) is 3.59. The van der Waals surface area contributed by atoms with Crippen LogP contribution in [0.1, 0.15) is 24.8 Å². The average Bonchev–Trinajstić information content (AvgIpc) is 2.61. The first-order chi connectivity index (χ1) is 8.00. The summed E-state index contributed by atoms with van der Waals surface area (Å²) in [6.45, 7) is 0. The van der Waals surface area contributed by atoms with Gasteiger partial charge in [-0.3, -0.25) is 4.79 Å². The number of hydrogen-bond donors (Lipinski definition) is 0. The Morgan fingerprint density at radius 2 is 2.12 bits per heavy atom. The molecule has 0 bridgehead atoms. The third-order valence-electron chi connectivity index (χ3n) is 3.22. The number of hydrogen-bond acceptors (Lipinski definition) is 1. The van der Waals surface area contributed by atoms with Crippen LogP contribution < -0.4 is 0 Å². The largest absolute Gasteiger partial charge is 0.299 e. The number of carbonyl (C=O) groups excluding carboxylic acids is 1. The lowest BCUT2D eigenvalue weighted by molar-refractivity contribution is -0.133.